The first kappa shape index (κ1) is 18.5. The molecule has 3 rings (SSSR count). The van der Waals surface area contributed by atoms with E-state index in [-0.39, 0.29) is 23.0 Å². The molecule has 0 N–H and O–H groups in total. The Bertz CT molecular complexity index is 802. The normalized spacial score (nSPS) is 21.0. The number of amides is 1. The van der Waals surface area contributed by atoms with Crippen molar-refractivity contribution >= 4 is 29.0 Å². The lowest BCUT2D eigenvalue weighted by Gasteiger charge is -2.38. The molecule has 0 saturated carbocycles. The van der Waals surface area contributed by atoms with Gasteiger partial charge < -0.3 is 9.80 Å². The summed E-state index contributed by atoms with van der Waals surface area (Å²) in [5.41, 5.74) is 1.40. The average Bonchev–Trinajstić information content (AvgIpc) is 2.99. The Morgan fingerprint density at radius 1 is 1.35 bits per heavy atom. The van der Waals surface area contributed by atoms with Crippen LogP contribution in [0.15, 0.2) is 0 Å². The maximum absolute atomic E-state index is 12.3. The predicted molar refractivity (Wildman–Crippen MR) is 100 cm³/mol. The highest BCUT2D eigenvalue weighted by molar-refractivity contribution is 6.31. The largest absolute Gasteiger partial charge is 0.365 e. The fourth-order valence-electron chi connectivity index (χ4n) is 3.98. The van der Waals surface area contributed by atoms with Gasteiger partial charge >= 0.3 is 0 Å². The molecule has 0 spiro atoms. The van der Waals surface area contributed by atoms with Crippen LogP contribution >= 0.6 is 11.6 Å². The number of carbonyl (C=O) groups excluding carboxylic acids is 1. The van der Waals surface area contributed by atoms with Gasteiger partial charge in [0.05, 0.1) is 12.1 Å². The molecule has 0 aromatic carbocycles. The second-order valence-corrected chi connectivity index (χ2v) is 7.30. The SMILES string of the molecule is [C-]#[N+]c1c(N2CCC(N3CCC(C)C3=O)CC2)nc(Cl)c(C#N)c1CC. The Labute approximate surface area is 159 Å². The van der Waals surface area contributed by atoms with Crippen LogP contribution in [0, 0.1) is 23.8 Å². The summed E-state index contributed by atoms with van der Waals surface area (Å²) >= 11 is 6.21. The van der Waals surface area contributed by atoms with Gasteiger partial charge in [0.15, 0.2) is 0 Å². The van der Waals surface area contributed by atoms with E-state index in [0.717, 1.165) is 38.9 Å². The van der Waals surface area contributed by atoms with E-state index in [1.807, 2.05) is 18.7 Å². The van der Waals surface area contributed by atoms with Crippen molar-refractivity contribution in [3.63, 3.8) is 0 Å². The van der Waals surface area contributed by atoms with Crippen LogP contribution in [0.4, 0.5) is 11.5 Å². The highest BCUT2D eigenvalue weighted by atomic mass is 35.5. The third-order valence-electron chi connectivity index (χ3n) is 5.50. The summed E-state index contributed by atoms with van der Waals surface area (Å²) in [5, 5.41) is 9.49. The third-order valence-corrected chi connectivity index (χ3v) is 5.77. The molecule has 0 radical (unpaired) electrons. The number of halogens is 1. The number of hydrogen-bond donors (Lipinski definition) is 0. The van der Waals surface area contributed by atoms with E-state index < -0.39 is 0 Å². The molecule has 1 aromatic rings. The molecule has 7 heteroatoms. The van der Waals surface area contributed by atoms with Crippen LogP contribution < -0.4 is 4.90 Å². The van der Waals surface area contributed by atoms with Crippen molar-refractivity contribution in [1.82, 2.24) is 9.88 Å². The van der Waals surface area contributed by atoms with Gasteiger partial charge in [0.1, 0.15) is 17.0 Å². The molecular weight excluding hydrogens is 350 g/mol. The van der Waals surface area contributed by atoms with Crippen molar-refractivity contribution in [3.05, 3.63) is 27.7 Å². The molecular formula is C19H22ClN5O. The molecule has 1 amide bonds. The monoisotopic (exact) mass is 371 g/mol. The first-order valence-corrected chi connectivity index (χ1v) is 9.44. The van der Waals surface area contributed by atoms with E-state index >= 15 is 0 Å². The van der Waals surface area contributed by atoms with Crippen molar-refractivity contribution in [2.24, 2.45) is 5.92 Å². The first-order chi connectivity index (χ1) is 12.5. The Morgan fingerprint density at radius 3 is 2.54 bits per heavy atom. The summed E-state index contributed by atoms with van der Waals surface area (Å²) < 4.78 is 0. The lowest BCUT2D eigenvalue weighted by atomic mass is 10.0. The Morgan fingerprint density at radius 2 is 2.04 bits per heavy atom. The Kier molecular flexibility index (Phi) is 5.34. The zero-order valence-corrected chi connectivity index (χ0v) is 15.9. The molecule has 6 nitrogen and oxygen atoms in total. The van der Waals surface area contributed by atoms with Crippen LogP contribution in [0.1, 0.15) is 44.2 Å². The number of nitrogens with zero attached hydrogens (tertiary/aromatic N) is 5. The quantitative estimate of drug-likeness (QED) is 0.602. The van der Waals surface area contributed by atoms with E-state index in [1.165, 1.54) is 0 Å². The van der Waals surface area contributed by atoms with Gasteiger partial charge in [0.25, 0.3) is 0 Å². The van der Waals surface area contributed by atoms with Gasteiger partial charge in [-0.2, -0.15) is 5.26 Å². The minimum atomic E-state index is 0.132. The van der Waals surface area contributed by atoms with Gasteiger partial charge in [0, 0.05) is 31.6 Å². The van der Waals surface area contributed by atoms with Crippen molar-refractivity contribution in [2.75, 3.05) is 24.5 Å². The molecule has 2 fully saturated rings. The van der Waals surface area contributed by atoms with Crippen molar-refractivity contribution < 1.29 is 4.79 Å². The summed E-state index contributed by atoms with van der Waals surface area (Å²) in [4.78, 5) is 24.4. The highest BCUT2D eigenvalue weighted by Gasteiger charge is 2.35. The minimum Gasteiger partial charge on any atom is -0.365 e. The molecule has 136 valence electrons. The number of likely N-dealkylation sites (tertiary alicyclic amines) is 1. The van der Waals surface area contributed by atoms with Crippen LogP contribution in [-0.2, 0) is 11.2 Å². The maximum atomic E-state index is 12.3. The zero-order chi connectivity index (χ0) is 18.8. The second-order valence-electron chi connectivity index (χ2n) is 6.95. The van der Waals surface area contributed by atoms with E-state index in [2.05, 4.69) is 20.8 Å². The average molecular weight is 372 g/mol. The molecule has 1 atom stereocenters. The van der Waals surface area contributed by atoms with Crippen LogP contribution in [0.3, 0.4) is 0 Å². The summed E-state index contributed by atoms with van der Waals surface area (Å²) in [7, 11) is 0. The lowest BCUT2D eigenvalue weighted by Crippen LogP contribution is -2.46. The number of carbonyl (C=O) groups is 1. The predicted octanol–water partition coefficient (Wildman–Crippen LogP) is 3.56. The topological polar surface area (TPSA) is 64.6 Å². The van der Waals surface area contributed by atoms with Crippen LogP contribution in [0.25, 0.3) is 4.85 Å². The number of aromatic nitrogens is 1. The van der Waals surface area contributed by atoms with Crippen LogP contribution in [0.2, 0.25) is 5.15 Å². The standard InChI is InChI=1S/C19H22ClN5O/c1-4-14-15(11-21)17(20)23-18(16(14)22-3)24-8-6-13(7-9-24)25-10-5-12(2)19(25)26/h12-13H,4-10H2,1-2H3. The third kappa shape index (κ3) is 3.10. The van der Waals surface area contributed by atoms with Gasteiger partial charge in [-0.25, -0.2) is 9.83 Å². The van der Waals surface area contributed by atoms with Crippen LogP contribution in [-0.4, -0.2) is 41.5 Å². The zero-order valence-electron chi connectivity index (χ0n) is 15.1. The van der Waals surface area contributed by atoms with Gasteiger partial charge in [0.2, 0.25) is 11.6 Å². The molecule has 2 aliphatic heterocycles. The summed E-state index contributed by atoms with van der Waals surface area (Å²) in [6.45, 7) is 13.8. The van der Waals surface area contributed by atoms with Gasteiger partial charge in [-0.3, -0.25) is 4.79 Å². The second kappa shape index (κ2) is 7.51. The van der Waals surface area contributed by atoms with E-state index in [9.17, 15) is 10.1 Å². The Hall–Kier alpha value is -2.31. The fourth-order valence-corrected chi connectivity index (χ4v) is 4.21. The number of pyridine rings is 1. The number of anilines is 1. The molecule has 1 aromatic heterocycles. The van der Waals surface area contributed by atoms with E-state index in [4.69, 9.17) is 18.2 Å². The molecule has 26 heavy (non-hydrogen) atoms. The van der Waals surface area contributed by atoms with Gasteiger partial charge in [-0.15, -0.1) is 0 Å². The summed E-state index contributed by atoms with van der Waals surface area (Å²) in [6, 6.07) is 2.34. The maximum Gasteiger partial charge on any atom is 0.232 e. The highest BCUT2D eigenvalue weighted by Crippen LogP contribution is 2.38. The van der Waals surface area contributed by atoms with Gasteiger partial charge in [-0.05, 0) is 31.2 Å². The van der Waals surface area contributed by atoms with E-state index in [0.29, 0.717) is 29.1 Å². The number of rotatable bonds is 3. The molecule has 1 unspecified atom stereocenters. The summed E-state index contributed by atoms with van der Waals surface area (Å²) in [5.74, 6) is 0.964. The molecule has 2 saturated heterocycles. The smallest absolute Gasteiger partial charge is 0.232 e. The lowest BCUT2D eigenvalue weighted by molar-refractivity contribution is -0.132. The number of piperidine rings is 1. The Balaban J connectivity index is 1.82. The molecule has 2 aliphatic rings. The minimum absolute atomic E-state index is 0.132. The van der Waals surface area contributed by atoms with Gasteiger partial charge in [-0.1, -0.05) is 25.4 Å². The molecule has 3 heterocycles. The number of hydrogen-bond acceptors (Lipinski definition) is 4. The van der Waals surface area contributed by atoms with E-state index in [1.54, 1.807) is 0 Å². The van der Waals surface area contributed by atoms with Crippen molar-refractivity contribution in [3.8, 4) is 6.07 Å². The molecule has 0 bridgehead atoms. The molecule has 0 aliphatic carbocycles. The van der Waals surface area contributed by atoms with Crippen molar-refractivity contribution in [2.45, 2.75) is 45.6 Å². The number of nitriles is 1. The first-order valence-electron chi connectivity index (χ1n) is 9.07. The van der Waals surface area contributed by atoms with Crippen LogP contribution in [0.5, 0.6) is 0 Å². The fraction of sp³-hybridized carbons (Fsp3) is 0.579. The van der Waals surface area contributed by atoms with Crippen molar-refractivity contribution in [1.29, 1.82) is 5.26 Å². The summed E-state index contributed by atoms with van der Waals surface area (Å²) in [6.07, 6.45) is 3.22.